The Morgan fingerprint density at radius 3 is 2.56 bits per heavy atom. The Hall–Kier alpha value is -1.35. The van der Waals surface area contributed by atoms with E-state index in [0.29, 0.717) is 19.6 Å². The summed E-state index contributed by atoms with van der Waals surface area (Å²) in [5.74, 6) is 0.0182. The van der Waals surface area contributed by atoms with Crippen LogP contribution >= 0.6 is 0 Å². The van der Waals surface area contributed by atoms with E-state index in [9.17, 15) is 4.79 Å². The maximum absolute atomic E-state index is 11.4. The number of methoxy groups -OCH3 is 1. The zero-order valence-electron chi connectivity index (χ0n) is 9.81. The number of rotatable bonds is 6. The molecule has 0 spiro atoms. The summed E-state index contributed by atoms with van der Waals surface area (Å²) in [7, 11) is 1.58. The predicted octanol–water partition coefficient (Wildman–Crippen LogP) is 2.37. The van der Waals surface area contributed by atoms with Gasteiger partial charge in [-0.2, -0.15) is 0 Å². The van der Waals surface area contributed by atoms with Gasteiger partial charge in [-0.05, 0) is 11.5 Å². The molecule has 3 heteroatoms. The molecule has 1 rings (SSSR count). The van der Waals surface area contributed by atoms with Gasteiger partial charge in [0, 0.05) is 7.11 Å². The fraction of sp³-hybridized carbons (Fsp3) is 0.462. The normalized spacial score (nSPS) is 12.1. The van der Waals surface area contributed by atoms with Crippen molar-refractivity contribution < 1.29 is 14.3 Å². The predicted molar refractivity (Wildman–Crippen MR) is 62.3 cm³/mol. The summed E-state index contributed by atoms with van der Waals surface area (Å²) >= 11 is 0. The Labute approximate surface area is 96.4 Å². The van der Waals surface area contributed by atoms with Crippen molar-refractivity contribution in [2.45, 2.75) is 19.3 Å². The first-order chi connectivity index (χ1) is 7.74. The Kier molecular flexibility index (Phi) is 5.57. The lowest BCUT2D eigenvalue weighted by Crippen LogP contribution is -2.12. The molecule has 1 atom stereocenters. The summed E-state index contributed by atoms with van der Waals surface area (Å²) in [6.07, 6.45) is 0.410. The number of hydrogen-bond acceptors (Lipinski definition) is 3. The van der Waals surface area contributed by atoms with Crippen LogP contribution in [0.25, 0.3) is 0 Å². The third-order valence-corrected chi connectivity index (χ3v) is 2.39. The molecule has 16 heavy (non-hydrogen) atoms. The smallest absolute Gasteiger partial charge is 0.306 e. The van der Waals surface area contributed by atoms with Crippen LogP contribution in [0.15, 0.2) is 30.3 Å². The van der Waals surface area contributed by atoms with Crippen LogP contribution in [-0.4, -0.2) is 26.3 Å². The van der Waals surface area contributed by atoms with Crippen molar-refractivity contribution in [3.63, 3.8) is 0 Å². The number of carbonyl (C=O) groups is 1. The average molecular weight is 222 g/mol. The molecule has 0 heterocycles. The SMILES string of the molecule is COCCOC(=O)CC(C)c1ccccc1. The molecule has 3 nitrogen and oxygen atoms in total. The fourth-order valence-corrected chi connectivity index (χ4v) is 1.45. The quantitative estimate of drug-likeness (QED) is 0.547. The molecule has 0 aromatic heterocycles. The minimum absolute atomic E-state index is 0.173. The monoisotopic (exact) mass is 222 g/mol. The first-order valence-electron chi connectivity index (χ1n) is 5.43. The molecule has 0 aliphatic carbocycles. The highest BCUT2D eigenvalue weighted by molar-refractivity contribution is 5.70. The van der Waals surface area contributed by atoms with Crippen LogP contribution in [-0.2, 0) is 14.3 Å². The minimum atomic E-state index is -0.173. The highest BCUT2D eigenvalue weighted by Gasteiger charge is 2.11. The lowest BCUT2D eigenvalue weighted by Gasteiger charge is -2.11. The number of hydrogen-bond donors (Lipinski definition) is 0. The molecule has 0 radical (unpaired) electrons. The molecule has 0 bridgehead atoms. The average Bonchev–Trinajstić information content (AvgIpc) is 2.30. The minimum Gasteiger partial charge on any atom is -0.463 e. The Morgan fingerprint density at radius 2 is 1.94 bits per heavy atom. The third kappa shape index (κ3) is 4.45. The van der Waals surface area contributed by atoms with Gasteiger partial charge in [0.05, 0.1) is 13.0 Å². The Morgan fingerprint density at radius 1 is 1.25 bits per heavy atom. The third-order valence-electron chi connectivity index (χ3n) is 2.39. The van der Waals surface area contributed by atoms with Crippen molar-refractivity contribution in [3.8, 4) is 0 Å². The molecule has 1 aromatic rings. The molecule has 0 saturated heterocycles. The molecular formula is C13H18O3. The molecule has 0 amide bonds. The van der Waals surface area contributed by atoms with E-state index in [1.807, 2.05) is 37.3 Å². The van der Waals surface area contributed by atoms with Crippen molar-refractivity contribution in [3.05, 3.63) is 35.9 Å². The van der Waals surface area contributed by atoms with Crippen LogP contribution in [0.1, 0.15) is 24.8 Å². The molecule has 0 aliphatic rings. The van der Waals surface area contributed by atoms with Crippen molar-refractivity contribution in [2.24, 2.45) is 0 Å². The fourth-order valence-electron chi connectivity index (χ4n) is 1.45. The van der Waals surface area contributed by atoms with Gasteiger partial charge in [0.15, 0.2) is 0 Å². The zero-order valence-corrected chi connectivity index (χ0v) is 9.81. The summed E-state index contributed by atoms with van der Waals surface area (Å²) in [5.41, 5.74) is 1.16. The van der Waals surface area contributed by atoms with E-state index in [1.165, 1.54) is 0 Å². The first-order valence-corrected chi connectivity index (χ1v) is 5.43. The van der Waals surface area contributed by atoms with E-state index < -0.39 is 0 Å². The van der Waals surface area contributed by atoms with Gasteiger partial charge >= 0.3 is 5.97 Å². The summed E-state index contributed by atoms with van der Waals surface area (Å²) in [6, 6.07) is 9.96. The summed E-state index contributed by atoms with van der Waals surface area (Å²) in [4.78, 5) is 11.4. The molecular weight excluding hydrogens is 204 g/mol. The van der Waals surface area contributed by atoms with Gasteiger partial charge in [-0.25, -0.2) is 0 Å². The van der Waals surface area contributed by atoms with Crippen LogP contribution in [0.3, 0.4) is 0 Å². The van der Waals surface area contributed by atoms with Crippen molar-refractivity contribution in [1.29, 1.82) is 0 Å². The number of esters is 1. The van der Waals surface area contributed by atoms with Gasteiger partial charge in [-0.1, -0.05) is 37.3 Å². The standard InChI is InChI=1S/C13H18O3/c1-11(12-6-4-3-5-7-12)10-13(14)16-9-8-15-2/h3-7,11H,8-10H2,1-2H3. The van der Waals surface area contributed by atoms with Crippen molar-refractivity contribution >= 4 is 5.97 Å². The summed E-state index contributed by atoms with van der Waals surface area (Å²) in [6.45, 7) is 2.80. The second-order valence-electron chi connectivity index (χ2n) is 3.73. The topological polar surface area (TPSA) is 35.5 Å². The van der Waals surface area contributed by atoms with E-state index in [2.05, 4.69) is 0 Å². The van der Waals surface area contributed by atoms with E-state index in [4.69, 9.17) is 9.47 Å². The molecule has 1 unspecified atom stereocenters. The molecule has 0 fully saturated rings. The maximum Gasteiger partial charge on any atom is 0.306 e. The summed E-state index contributed by atoms with van der Waals surface area (Å²) in [5, 5.41) is 0. The maximum atomic E-state index is 11.4. The number of benzene rings is 1. The molecule has 0 aliphatic heterocycles. The Bertz CT molecular complexity index is 308. The van der Waals surface area contributed by atoms with Gasteiger partial charge in [0.1, 0.15) is 6.61 Å². The van der Waals surface area contributed by atoms with Gasteiger partial charge in [-0.15, -0.1) is 0 Å². The second kappa shape index (κ2) is 7.01. The zero-order chi connectivity index (χ0) is 11.8. The van der Waals surface area contributed by atoms with Crippen LogP contribution in [0.5, 0.6) is 0 Å². The van der Waals surface area contributed by atoms with E-state index in [1.54, 1.807) is 7.11 Å². The van der Waals surface area contributed by atoms with Gasteiger partial charge in [-0.3, -0.25) is 4.79 Å². The Balaban J connectivity index is 2.34. The van der Waals surface area contributed by atoms with Gasteiger partial charge in [0.2, 0.25) is 0 Å². The number of carbonyl (C=O) groups excluding carboxylic acids is 1. The van der Waals surface area contributed by atoms with Crippen LogP contribution in [0.2, 0.25) is 0 Å². The molecule has 1 aromatic carbocycles. The van der Waals surface area contributed by atoms with E-state index in [0.717, 1.165) is 5.56 Å². The van der Waals surface area contributed by atoms with E-state index in [-0.39, 0.29) is 11.9 Å². The summed E-state index contributed by atoms with van der Waals surface area (Å²) < 4.78 is 9.82. The van der Waals surface area contributed by atoms with Gasteiger partial charge < -0.3 is 9.47 Å². The largest absolute Gasteiger partial charge is 0.463 e. The first kappa shape index (κ1) is 12.7. The second-order valence-corrected chi connectivity index (χ2v) is 3.73. The lowest BCUT2D eigenvalue weighted by atomic mass is 9.98. The molecule has 88 valence electrons. The van der Waals surface area contributed by atoms with Crippen molar-refractivity contribution in [1.82, 2.24) is 0 Å². The highest BCUT2D eigenvalue weighted by Crippen LogP contribution is 2.18. The lowest BCUT2D eigenvalue weighted by molar-refractivity contribution is -0.145. The number of ether oxygens (including phenoxy) is 2. The molecule has 0 saturated carbocycles. The van der Waals surface area contributed by atoms with Crippen molar-refractivity contribution in [2.75, 3.05) is 20.3 Å². The molecule has 0 N–H and O–H groups in total. The van der Waals surface area contributed by atoms with Crippen LogP contribution < -0.4 is 0 Å². The van der Waals surface area contributed by atoms with E-state index >= 15 is 0 Å². The highest BCUT2D eigenvalue weighted by atomic mass is 16.6. The van der Waals surface area contributed by atoms with Crippen LogP contribution in [0.4, 0.5) is 0 Å². The van der Waals surface area contributed by atoms with Gasteiger partial charge in [0.25, 0.3) is 0 Å². The van der Waals surface area contributed by atoms with Crippen LogP contribution in [0, 0.1) is 0 Å².